The highest BCUT2D eigenvalue weighted by Crippen LogP contribution is 2.29. The predicted octanol–water partition coefficient (Wildman–Crippen LogP) is 3.59. The van der Waals surface area contributed by atoms with Gasteiger partial charge in [-0.3, -0.25) is 4.79 Å². The quantitative estimate of drug-likeness (QED) is 0.781. The van der Waals surface area contributed by atoms with Crippen molar-refractivity contribution in [2.75, 3.05) is 17.3 Å². The van der Waals surface area contributed by atoms with Crippen molar-refractivity contribution in [1.29, 1.82) is 5.26 Å². The topological polar surface area (TPSA) is 87.0 Å². The molecule has 0 saturated carbocycles. The number of benzene rings is 2. The van der Waals surface area contributed by atoms with E-state index in [4.69, 9.17) is 5.26 Å². The SMILES string of the molecule is C[C@H](C#N)CSc1ccccc1NC(=O)c1cccc(S(C)(=O)=O)c1. The van der Waals surface area contributed by atoms with Gasteiger partial charge in [0.05, 0.1) is 22.6 Å². The first kappa shape index (κ1) is 19.0. The first-order valence-electron chi connectivity index (χ1n) is 7.54. The van der Waals surface area contributed by atoms with Crippen LogP contribution in [0.25, 0.3) is 0 Å². The van der Waals surface area contributed by atoms with E-state index in [-0.39, 0.29) is 22.3 Å². The van der Waals surface area contributed by atoms with Gasteiger partial charge in [0.2, 0.25) is 0 Å². The van der Waals surface area contributed by atoms with Crippen molar-refractivity contribution < 1.29 is 13.2 Å². The Morgan fingerprint density at radius 2 is 1.96 bits per heavy atom. The van der Waals surface area contributed by atoms with Gasteiger partial charge < -0.3 is 5.32 Å². The van der Waals surface area contributed by atoms with Crippen LogP contribution in [0, 0.1) is 17.2 Å². The smallest absolute Gasteiger partial charge is 0.255 e. The molecule has 0 aliphatic heterocycles. The second-order valence-corrected chi connectivity index (χ2v) is 8.67. The number of carbonyl (C=O) groups excluding carboxylic acids is 1. The van der Waals surface area contributed by atoms with E-state index in [9.17, 15) is 13.2 Å². The average Bonchev–Trinajstić information content (AvgIpc) is 2.60. The van der Waals surface area contributed by atoms with Crippen LogP contribution in [0.4, 0.5) is 5.69 Å². The van der Waals surface area contributed by atoms with Crippen LogP contribution in [0.15, 0.2) is 58.3 Å². The van der Waals surface area contributed by atoms with Crippen LogP contribution in [0.2, 0.25) is 0 Å². The minimum absolute atomic E-state index is 0.0970. The first-order chi connectivity index (χ1) is 11.8. The summed E-state index contributed by atoms with van der Waals surface area (Å²) < 4.78 is 23.3. The number of rotatable bonds is 6. The number of thioether (sulfide) groups is 1. The molecule has 0 spiro atoms. The highest BCUT2D eigenvalue weighted by atomic mass is 32.2. The van der Waals surface area contributed by atoms with Crippen molar-refractivity contribution >= 4 is 33.2 Å². The van der Waals surface area contributed by atoms with E-state index in [1.807, 2.05) is 19.1 Å². The summed E-state index contributed by atoms with van der Waals surface area (Å²) in [6.07, 6.45) is 1.10. The fraction of sp³-hybridized carbons (Fsp3) is 0.222. The molecule has 0 aromatic heterocycles. The van der Waals surface area contributed by atoms with Gasteiger partial charge in [-0.15, -0.1) is 11.8 Å². The zero-order chi connectivity index (χ0) is 18.4. The summed E-state index contributed by atoms with van der Waals surface area (Å²) in [5, 5.41) is 11.7. The molecule has 0 heterocycles. The fourth-order valence-electron chi connectivity index (χ4n) is 2.01. The molecule has 0 aliphatic carbocycles. The zero-order valence-corrected chi connectivity index (χ0v) is 15.5. The third-order valence-corrected chi connectivity index (χ3v) is 5.81. The molecule has 2 aromatic rings. The Hall–Kier alpha value is -2.30. The molecule has 1 N–H and O–H groups in total. The number of nitrogens with zero attached hydrogens (tertiary/aromatic N) is 1. The van der Waals surface area contributed by atoms with Crippen molar-refractivity contribution in [3.8, 4) is 6.07 Å². The number of hydrogen-bond donors (Lipinski definition) is 1. The molecule has 5 nitrogen and oxygen atoms in total. The lowest BCUT2D eigenvalue weighted by molar-refractivity contribution is 0.102. The molecule has 2 aromatic carbocycles. The van der Waals surface area contributed by atoms with Gasteiger partial charge in [0, 0.05) is 22.5 Å². The molecule has 2 rings (SSSR count). The molecular formula is C18H18N2O3S2. The maximum Gasteiger partial charge on any atom is 0.255 e. The van der Waals surface area contributed by atoms with Gasteiger partial charge in [0.1, 0.15) is 0 Å². The predicted molar refractivity (Wildman–Crippen MR) is 99.4 cm³/mol. The molecule has 0 aliphatic rings. The fourth-order valence-corrected chi connectivity index (χ4v) is 3.63. The summed E-state index contributed by atoms with van der Waals surface area (Å²) in [6.45, 7) is 1.84. The number of amides is 1. The van der Waals surface area contributed by atoms with E-state index in [1.165, 1.54) is 23.9 Å². The molecular weight excluding hydrogens is 356 g/mol. The maximum absolute atomic E-state index is 12.5. The zero-order valence-electron chi connectivity index (χ0n) is 13.9. The van der Waals surface area contributed by atoms with Gasteiger partial charge in [-0.25, -0.2) is 8.42 Å². The largest absolute Gasteiger partial charge is 0.321 e. The van der Waals surface area contributed by atoms with Crippen LogP contribution in [-0.2, 0) is 9.84 Å². The lowest BCUT2D eigenvalue weighted by Gasteiger charge is -2.11. The van der Waals surface area contributed by atoms with E-state index in [0.717, 1.165) is 11.2 Å². The number of carbonyl (C=O) groups is 1. The van der Waals surface area contributed by atoms with Gasteiger partial charge in [-0.05, 0) is 37.3 Å². The third-order valence-electron chi connectivity index (χ3n) is 3.37. The molecule has 1 amide bonds. The summed E-state index contributed by atoms with van der Waals surface area (Å²) in [4.78, 5) is 13.4. The van der Waals surface area contributed by atoms with Crippen LogP contribution in [0.5, 0.6) is 0 Å². The number of sulfone groups is 1. The molecule has 1 atom stereocenters. The molecule has 7 heteroatoms. The average molecular weight is 374 g/mol. The highest BCUT2D eigenvalue weighted by Gasteiger charge is 2.13. The first-order valence-corrected chi connectivity index (χ1v) is 10.4. The Labute approximate surface area is 152 Å². The third kappa shape index (κ3) is 5.34. The van der Waals surface area contributed by atoms with Crippen molar-refractivity contribution in [3.05, 3.63) is 54.1 Å². The van der Waals surface area contributed by atoms with Crippen molar-refractivity contribution in [2.45, 2.75) is 16.7 Å². The van der Waals surface area contributed by atoms with Crippen LogP contribution in [0.1, 0.15) is 17.3 Å². The van der Waals surface area contributed by atoms with Crippen LogP contribution in [-0.4, -0.2) is 26.3 Å². The van der Waals surface area contributed by atoms with Crippen LogP contribution >= 0.6 is 11.8 Å². The summed E-state index contributed by atoms with van der Waals surface area (Å²) in [6, 6.07) is 15.4. The highest BCUT2D eigenvalue weighted by molar-refractivity contribution is 7.99. The molecule has 0 unspecified atom stereocenters. The number of nitrogens with one attached hydrogen (secondary N) is 1. The number of nitriles is 1. The summed E-state index contributed by atoms with van der Waals surface area (Å²) in [5.74, 6) is 0.138. The van der Waals surface area contributed by atoms with E-state index >= 15 is 0 Å². The normalized spacial score (nSPS) is 12.2. The molecule has 0 radical (unpaired) electrons. The van der Waals surface area contributed by atoms with Crippen molar-refractivity contribution in [2.24, 2.45) is 5.92 Å². The Kier molecular flexibility index (Phi) is 6.23. The Bertz CT molecular complexity index is 918. The second-order valence-electron chi connectivity index (χ2n) is 5.59. The van der Waals surface area contributed by atoms with Gasteiger partial charge in [0.15, 0.2) is 9.84 Å². The van der Waals surface area contributed by atoms with Crippen LogP contribution < -0.4 is 5.32 Å². The Balaban J connectivity index is 2.20. The number of para-hydroxylation sites is 1. The maximum atomic E-state index is 12.5. The van der Waals surface area contributed by atoms with Crippen molar-refractivity contribution in [3.63, 3.8) is 0 Å². The molecule has 0 bridgehead atoms. The molecule has 130 valence electrons. The minimum atomic E-state index is -3.38. The lowest BCUT2D eigenvalue weighted by atomic mass is 10.2. The van der Waals surface area contributed by atoms with E-state index < -0.39 is 9.84 Å². The monoisotopic (exact) mass is 374 g/mol. The Morgan fingerprint density at radius 3 is 2.64 bits per heavy atom. The van der Waals surface area contributed by atoms with Crippen molar-refractivity contribution in [1.82, 2.24) is 0 Å². The standard InChI is InChI=1S/C18H18N2O3S2/c1-13(11-19)12-24-17-9-4-3-8-16(17)20-18(21)14-6-5-7-15(10-14)25(2,22)23/h3-10,13H,12H2,1-2H3,(H,20,21)/t13-/m1/s1. The summed E-state index contributed by atoms with van der Waals surface area (Å²) in [7, 11) is -3.38. The van der Waals surface area contributed by atoms with Crippen LogP contribution in [0.3, 0.4) is 0 Å². The number of hydrogen-bond acceptors (Lipinski definition) is 5. The molecule has 0 fully saturated rings. The van der Waals surface area contributed by atoms with Gasteiger partial charge >= 0.3 is 0 Å². The molecule has 0 saturated heterocycles. The van der Waals surface area contributed by atoms with E-state index in [0.29, 0.717) is 11.4 Å². The van der Waals surface area contributed by atoms with Gasteiger partial charge in [-0.1, -0.05) is 18.2 Å². The molecule has 25 heavy (non-hydrogen) atoms. The van der Waals surface area contributed by atoms with Gasteiger partial charge in [-0.2, -0.15) is 5.26 Å². The van der Waals surface area contributed by atoms with E-state index in [1.54, 1.807) is 24.3 Å². The van der Waals surface area contributed by atoms with E-state index in [2.05, 4.69) is 11.4 Å². The second kappa shape index (κ2) is 8.19. The lowest BCUT2D eigenvalue weighted by Crippen LogP contribution is -2.13. The van der Waals surface area contributed by atoms with Gasteiger partial charge in [0.25, 0.3) is 5.91 Å². The summed E-state index contributed by atoms with van der Waals surface area (Å²) in [5.41, 5.74) is 0.903. The number of anilines is 1. The summed E-state index contributed by atoms with van der Waals surface area (Å²) >= 11 is 1.49. The minimum Gasteiger partial charge on any atom is -0.321 e. The Morgan fingerprint density at radius 1 is 1.24 bits per heavy atom.